The minimum Gasteiger partial charge on any atom is -0.358 e. The highest BCUT2D eigenvalue weighted by atomic mass is 16.2. The molecule has 1 aromatic heterocycles. The van der Waals surface area contributed by atoms with Crippen LogP contribution in [0.5, 0.6) is 0 Å². The highest BCUT2D eigenvalue weighted by Crippen LogP contribution is 2.22. The van der Waals surface area contributed by atoms with Gasteiger partial charge in [0.25, 0.3) is 5.91 Å². The maximum Gasteiger partial charge on any atom is 0.253 e. The van der Waals surface area contributed by atoms with Crippen molar-refractivity contribution in [3.8, 4) is 0 Å². The highest BCUT2D eigenvalue weighted by Gasteiger charge is 2.13. The summed E-state index contributed by atoms with van der Waals surface area (Å²) in [6.45, 7) is 5.41. The summed E-state index contributed by atoms with van der Waals surface area (Å²) in [5, 5.41) is 1.12. The Kier molecular flexibility index (Phi) is 3.90. The first-order valence-corrected chi connectivity index (χ1v) is 6.59. The van der Waals surface area contributed by atoms with Gasteiger partial charge in [-0.3, -0.25) is 4.79 Å². The quantitative estimate of drug-likeness (QED) is 0.884. The summed E-state index contributed by atoms with van der Waals surface area (Å²) in [5.41, 5.74) is 9.63. The van der Waals surface area contributed by atoms with E-state index in [0.717, 1.165) is 28.6 Å². The fraction of sp³-hybridized carbons (Fsp3) is 0.400. The number of aromatic amines is 1. The molecule has 0 saturated carbocycles. The van der Waals surface area contributed by atoms with Gasteiger partial charge in [0.05, 0.1) is 0 Å². The van der Waals surface area contributed by atoms with Crippen molar-refractivity contribution in [2.75, 3.05) is 20.1 Å². The van der Waals surface area contributed by atoms with Gasteiger partial charge in [0.2, 0.25) is 0 Å². The molecule has 0 spiro atoms. The van der Waals surface area contributed by atoms with Gasteiger partial charge in [0, 0.05) is 35.8 Å². The molecule has 0 aliphatic heterocycles. The molecule has 102 valence electrons. The summed E-state index contributed by atoms with van der Waals surface area (Å²) >= 11 is 0. The fourth-order valence-corrected chi connectivity index (χ4v) is 2.24. The normalized spacial score (nSPS) is 10.9. The van der Waals surface area contributed by atoms with Crippen molar-refractivity contribution in [3.05, 3.63) is 35.0 Å². The molecule has 0 fully saturated rings. The Morgan fingerprint density at radius 2 is 2.11 bits per heavy atom. The van der Waals surface area contributed by atoms with Crippen molar-refractivity contribution in [2.45, 2.75) is 20.3 Å². The number of aromatic nitrogens is 1. The van der Waals surface area contributed by atoms with E-state index in [0.29, 0.717) is 13.1 Å². The number of amides is 1. The van der Waals surface area contributed by atoms with E-state index in [2.05, 4.69) is 11.9 Å². The van der Waals surface area contributed by atoms with Gasteiger partial charge in [0.15, 0.2) is 0 Å². The second kappa shape index (κ2) is 5.45. The summed E-state index contributed by atoms with van der Waals surface area (Å²) in [5.74, 6) is 0.0496. The van der Waals surface area contributed by atoms with Crippen molar-refractivity contribution < 1.29 is 4.79 Å². The molecule has 19 heavy (non-hydrogen) atoms. The number of benzene rings is 1. The first kappa shape index (κ1) is 13.6. The summed E-state index contributed by atoms with van der Waals surface area (Å²) in [7, 11) is 1.82. The Bertz CT molecular complexity index is 601. The highest BCUT2D eigenvalue weighted by molar-refractivity contribution is 5.98. The molecule has 3 N–H and O–H groups in total. The van der Waals surface area contributed by atoms with E-state index < -0.39 is 0 Å². The second-order valence-corrected chi connectivity index (χ2v) is 5.00. The molecule has 1 amide bonds. The number of nitrogens with one attached hydrogen (secondary N) is 1. The lowest BCUT2D eigenvalue weighted by Gasteiger charge is -2.16. The van der Waals surface area contributed by atoms with Gasteiger partial charge in [-0.05, 0) is 50.6 Å². The fourth-order valence-electron chi connectivity index (χ4n) is 2.24. The van der Waals surface area contributed by atoms with E-state index in [1.54, 1.807) is 4.90 Å². The van der Waals surface area contributed by atoms with Crippen molar-refractivity contribution in [3.63, 3.8) is 0 Å². The largest absolute Gasteiger partial charge is 0.358 e. The Hall–Kier alpha value is -1.81. The summed E-state index contributed by atoms with van der Waals surface area (Å²) in [4.78, 5) is 17.3. The molecule has 0 atom stereocenters. The molecule has 1 aromatic carbocycles. The van der Waals surface area contributed by atoms with Gasteiger partial charge < -0.3 is 15.6 Å². The standard InChI is InChI=1S/C15H21N3O/c1-10-11(2)17-14-6-5-12(9-13(10)14)15(19)18(3)8-4-7-16/h5-6,9,17H,4,7-8,16H2,1-3H3. The number of carbonyl (C=O) groups is 1. The lowest BCUT2D eigenvalue weighted by molar-refractivity contribution is 0.0794. The van der Waals surface area contributed by atoms with Crippen LogP contribution in [0.25, 0.3) is 10.9 Å². The molecular weight excluding hydrogens is 238 g/mol. The molecule has 0 saturated heterocycles. The van der Waals surface area contributed by atoms with E-state index in [-0.39, 0.29) is 5.91 Å². The Morgan fingerprint density at radius 3 is 2.79 bits per heavy atom. The van der Waals surface area contributed by atoms with Crippen molar-refractivity contribution in [2.24, 2.45) is 5.73 Å². The average molecular weight is 259 g/mol. The zero-order chi connectivity index (χ0) is 14.0. The summed E-state index contributed by atoms with van der Waals surface area (Å²) in [6.07, 6.45) is 0.826. The van der Waals surface area contributed by atoms with Crippen LogP contribution in [0.4, 0.5) is 0 Å². The van der Waals surface area contributed by atoms with E-state index in [1.807, 2.05) is 32.2 Å². The molecule has 4 heteroatoms. The van der Waals surface area contributed by atoms with E-state index in [9.17, 15) is 4.79 Å². The molecule has 0 bridgehead atoms. The first-order valence-electron chi connectivity index (χ1n) is 6.59. The van der Waals surface area contributed by atoms with Crippen LogP contribution in [-0.4, -0.2) is 35.9 Å². The van der Waals surface area contributed by atoms with Crippen LogP contribution in [0, 0.1) is 13.8 Å². The van der Waals surface area contributed by atoms with Gasteiger partial charge in [-0.1, -0.05) is 0 Å². The number of hydrogen-bond donors (Lipinski definition) is 2. The monoisotopic (exact) mass is 259 g/mol. The van der Waals surface area contributed by atoms with E-state index in [1.165, 1.54) is 5.56 Å². The van der Waals surface area contributed by atoms with Crippen LogP contribution in [0.3, 0.4) is 0 Å². The number of aryl methyl sites for hydroxylation is 2. The van der Waals surface area contributed by atoms with Crippen molar-refractivity contribution in [1.29, 1.82) is 0 Å². The van der Waals surface area contributed by atoms with Crippen LogP contribution in [-0.2, 0) is 0 Å². The molecule has 4 nitrogen and oxygen atoms in total. The van der Waals surface area contributed by atoms with Gasteiger partial charge in [-0.25, -0.2) is 0 Å². The van der Waals surface area contributed by atoms with Gasteiger partial charge in [-0.2, -0.15) is 0 Å². The van der Waals surface area contributed by atoms with E-state index in [4.69, 9.17) is 5.73 Å². The van der Waals surface area contributed by atoms with Crippen LogP contribution >= 0.6 is 0 Å². The smallest absolute Gasteiger partial charge is 0.253 e. The number of carbonyl (C=O) groups excluding carboxylic acids is 1. The third-order valence-electron chi connectivity index (χ3n) is 3.60. The first-order chi connectivity index (χ1) is 9.04. The Morgan fingerprint density at radius 1 is 1.37 bits per heavy atom. The number of nitrogens with two attached hydrogens (primary N) is 1. The average Bonchev–Trinajstić information content (AvgIpc) is 2.70. The Balaban J connectivity index is 2.30. The number of fused-ring (bicyclic) bond motifs is 1. The van der Waals surface area contributed by atoms with Gasteiger partial charge in [-0.15, -0.1) is 0 Å². The van der Waals surface area contributed by atoms with Crippen LogP contribution in [0.15, 0.2) is 18.2 Å². The molecule has 0 aliphatic carbocycles. The minimum atomic E-state index is 0.0496. The van der Waals surface area contributed by atoms with E-state index >= 15 is 0 Å². The van der Waals surface area contributed by atoms with Crippen molar-refractivity contribution >= 4 is 16.8 Å². The van der Waals surface area contributed by atoms with Gasteiger partial charge >= 0.3 is 0 Å². The predicted octanol–water partition coefficient (Wildman–Crippen LogP) is 2.21. The van der Waals surface area contributed by atoms with Crippen LogP contribution in [0.2, 0.25) is 0 Å². The lowest BCUT2D eigenvalue weighted by Crippen LogP contribution is -2.28. The third-order valence-corrected chi connectivity index (χ3v) is 3.60. The van der Waals surface area contributed by atoms with Gasteiger partial charge in [0.1, 0.15) is 0 Å². The molecule has 0 radical (unpaired) electrons. The topological polar surface area (TPSA) is 62.1 Å². The van der Waals surface area contributed by atoms with Crippen LogP contribution in [0.1, 0.15) is 28.0 Å². The maximum atomic E-state index is 12.3. The lowest BCUT2D eigenvalue weighted by atomic mass is 10.1. The maximum absolute atomic E-state index is 12.3. The number of hydrogen-bond acceptors (Lipinski definition) is 2. The number of H-pyrrole nitrogens is 1. The van der Waals surface area contributed by atoms with Crippen LogP contribution < -0.4 is 5.73 Å². The SMILES string of the molecule is Cc1[nH]c2ccc(C(=O)N(C)CCCN)cc2c1C. The minimum absolute atomic E-state index is 0.0496. The zero-order valence-electron chi connectivity index (χ0n) is 11.8. The number of nitrogens with zero attached hydrogens (tertiary/aromatic N) is 1. The molecule has 0 aliphatic rings. The Labute approximate surface area is 113 Å². The number of rotatable bonds is 4. The van der Waals surface area contributed by atoms with Crippen molar-refractivity contribution in [1.82, 2.24) is 9.88 Å². The summed E-state index contributed by atoms with van der Waals surface area (Å²) in [6, 6.07) is 5.81. The molecular formula is C15H21N3O. The summed E-state index contributed by atoms with van der Waals surface area (Å²) < 4.78 is 0. The third kappa shape index (κ3) is 2.63. The second-order valence-electron chi connectivity index (χ2n) is 5.00. The molecule has 1 heterocycles. The zero-order valence-corrected chi connectivity index (χ0v) is 11.8. The molecule has 2 rings (SSSR count). The molecule has 0 unspecified atom stereocenters. The predicted molar refractivity (Wildman–Crippen MR) is 78.4 cm³/mol. The molecule has 2 aromatic rings.